The SMILES string of the molecule is CC#CC1(OC(=O)COc2ccc([S+]3CCCC3)c3ccccc23)CCCC1. The third-order valence-electron chi connectivity index (χ3n) is 5.61. The summed E-state index contributed by atoms with van der Waals surface area (Å²) in [5, 5.41) is 2.33. The van der Waals surface area contributed by atoms with E-state index in [1.807, 2.05) is 12.1 Å². The van der Waals surface area contributed by atoms with Crippen molar-refractivity contribution in [3.8, 4) is 17.6 Å². The summed E-state index contributed by atoms with van der Waals surface area (Å²) in [4.78, 5) is 13.9. The molecule has 1 saturated heterocycles. The number of carbonyl (C=O) groups is 1. The summed E-state index contributed by atoms with van der Waals surface area (Å²) in [6, 6.07) is 12.6. The highest BCUT2D eigenvalue weighted by Gasteiger charge is 2.36. The zero-order valence-corrected chi connectivity index (χ0v) is 17.3. The largest absolute Gasteiger partial charge is 0.481 e. The molecule has 2 fully saturated rings. The molecule has 0 unspecified atom stereocenters. The van der Waals surface area contributed by atoms with E-state index in [1.165, 1.54) is 34.6 Å². The smallest absolute Gasteiger partial charge is 0.345 e. The molecule has 4 rings (SSSR count). The lowest BCUT2D eigenvalue weighted by Crippen LogP contribution is -2.32. The molecule has 28 heavy (non-hydrogen) atoms. The highest BCUT2D eigenvalue weighted by Crippen LogP contribution is 2.35. The van der Waals surface area contributed by atoms with Gasteiger partial charge < -0.3 is 9.47 Å². The third-order valence-corrected chi connectivity index (χ3v) is 8.15. The molecule has 4 heteroatoms. The lowest BCUT2D eigenvalue weighted by molar-refractivity contribution is -0.156. The average molecular weight is 396 g/mol. The van der Waals surface area contributed by atoms with E-state index in [0.717, 1.165) is 36.8 Å². The number of esters is 1. The van der Waals surface area contributed by atoms with Crippen LogP contribution in [0.2, 0.25) is 0 Å². The Labute approximate surface area is 170 Å². The molecule has 1 heterocycles. The van der Waals surface area contributed by atoms with Gasteiger partial charge in [-0.15, -0.1) is 5.92 Å². The monoisotopic (exact) mass is 395 g/mol. The maximum atomic E-state index is 12.5. The van der Waals surface area contributed by atoms with Crippen LogP contribution in [0.25, 0.3) is 10.8 Å². The number of benzene rings is 2. The molecule has 1 aliphatic carbocycles. The van der Waals surface area contributed by atoms with E-state index in [-0.39, 0.29) is 12.6 Å². The Morgan fingerprint density at radius 2 is 1.75 bits per heavy atom. The van der Waals surface area contributed by atoms with Crippen molar-refractivity contribution in [2.75, 3.05) is 18.1 Å². The Morgan fingerprint density at radius 3 is 2.46 bits per heavy atom. The number of hydrogen-bond acceptors (Lipinski definition) is 3. The molecule has 0 atom stereocenters. The summed E-state index contributed by atoms with van der Waals surface area (Å²) in [6.45, 7) is 1.71. The van der Waals surface area contributed by atoms with Crippen LogP contribution in [0.15, 0.2) is 41.3 Å². The van der Waals surface area contributed by atoms with Gasteiger partial charge in [-0.2, -0.15) is 0 Å². The molecule has 3 nitrogen and oxygen atoms in total. The van der Waals surface area contributed by atoms with Crippen molar-refractivity contribution in [2.45, 2.75) is 55.9 Å². The first-order chi connectivity index (χ1) is 13.7. The van der Waals surface area contributed by atoms with Crippen molar-refractivity contribution in [1.82, 2.24) is 0 Å². The van der Waals surface area contributed by atoms with E-state index < -0.39 is 5.60 Å². The molecule has 146 valence electrons. The molecule has 0 bridgehead atoms. The minimum atomic E-state index is -0.606. The number of carbonyl (C=O) groups excluding carboxylic acids is 1. The molecule has 1 aliphatic heterocycles. The zero-order chi connectivity index (χ0) is 19.4. The molecule has 0 amide bonds. The molecule has 2 aromatic rings. The van der Waals surface area contributed by atoms with Gasteiger partial charge in [-0.3, -0.25) is 0 Å². The maximum Gasteiger partial charge on any atom is 0.345 e. The summed E-state index contributed by atoms with van der Waals surface area (Å²) < 4.78 is 11.7. The first-order valence-electron chi connectivity index (χ1n) is 10.2. The summed E-state index contributed by atoms with van der Waals surface area (Å²) in [7, 11) is 0.340. The van der Waals surface area contributed by atoms with Crippen molar-refractivity contribution in [3.63, 3.8) is 0 Å². The van der Waals surface area contributed by atoms with Gasteiger partial charge in [0, 0.05) is 21.7 Å². The Kier molecular flexibility index (Phi) is 5.82. The fourth-order valence-electron chi connectivity index (χ4n) is 4.31. The van der Waals surface area contributed by atoms with Crippen LogP contribution < -0.4 is 4.74 Å². The van der Waals surface area contributed by atoms with Crippen LogP contribution in [0.3, 0.4) is 0 Å². The predicted octanol–water partition coefficient (Wildman–Crippen LogP) is 4.87. The fraction of sp³-hybridized carbons (Fsp3) is 0.458. The van der Waals surface area contributed by atoms with Crippen molar-refractivity contribution < 1.29 is 14.3 Å². The van der Waals surface area contributed by atoms with Crippen molar-refractivity contribution in [3.05, 3.63) is 36.4 Å². The molecule has 1 saturated carbocycles. The van der Waals surface area contributed by atoms with Gasteiger partial charge in [0.25, 0.3) is 0 Å². The van der Waals surface area contributed by atoms with Crippen LogP contribution in [-0.2, 0) is 20.4 Å². The standard InChI is InChI=1S/C24H27O3S/c1-2-13-24(14-5-6-15-24)27-23(25)18-26-21-11-12-22(28-16-7-8-17-28)20-10-4-3-9-19(20)21/h3-4,9-12H,5-8,14-18H2,1H3/q+1. The maximum absolute atomic E-state index is 12.5. The first kappa shape index (κ1) is 19.2. The predicted molar refractivity (Wildman–Crippen MR) is 115 cm³/mol. The van der Waals surface area contributed by atoms with Crippen LogP contribution >= 0.6 is 0 Å². The van der Waals surface area contributed by atoms with Crippen LogP contribution in [0, 0.1) is 11.8 Å². The lowest BCUT2D eigenvalue weighted by Gasteiger charge is -2.23. The Hall–Kier alpha value is -2.12. The van der Waals surface area contributed by atoms with Crippen molar-refractivity contribution in [2.24, 2.45) is 0 Å². The molecular weight excluding hydrogens is 368 g/mol. The minimum Gasteiger partial charge on any atom is -0.481 e. The normalized spacial score (nSPS) is 18.6. The Morgan fingerprint density at radius 1 is 1.04 bits per heavy atom. The highest BCUT2D eigenvalue weighted by atomic mass is 32.2. The van der Waals surface area contributed by atoms with Crippen LogP contribution in [-0.4, -0.2) is 29.7 Å². The number of rotatable bonds is 5. The van der Waals surface area contributed by atoms with Gasteiger partial charge in [0.1, 0.15) is 17.3 Å². The fourth-order valence-corrected chi connectivity index (χ4v) is 6.81. The van der Waals surface area contributed by atoms with E-state index >= 15 is 0 Å². The molecule has 2 aromatic carbocycles. The van der Waals surface area contributed by atoms with Crippen LogP contribution in [0.1, 0.15) is 45.4 Å². The summed E-state index contributed by atoms with van der Waals surface area (Å²) in [5.41, 5.74) is -0.606. The molecule has 0 radical (unpaired) electrons. The van der Waals surface area contributed by atoms with Crippen LogP contribution in [0.4, 0.5) is 0 Å². The quantitative estimate of drug-likeness (QED) is 0.412. The lowest BCUT2D eigenvalue weighted by atomic mass is 10.0. The highest BCUT2D eigenvalue weighted by molar-refractivity contribution is 7.97. The van der Waals surface area contributed by atoms with E-state index in [2.05, 4.69) is 36.1 Å². The second-order valence-electron chi connectivity index (χ2n) is 7.55. The second-order valence-corrected chi connectivity index (χ2v) is 9.80. The van der Waals surface area contributed by atoms with Gasteiger partial charge in [0.05, 0.1) is 0 Å². The van der Waals surface area contributed by atoms with E-state index in [0.29, 0.717) is 10.9 Å². The minimum absolute atomic E-state index is 0.0812. The van der Waals surface area contributed by atoms with E-state index in [4.69, 9.17) is 9.47 Å². The van der Waals surface area contributed by atoms with E-state index in [1.54, 1.807) is 6.92 Å². The zero-order valence-electron chi connectivity index (χ0n) is 16.5. The third kappa shape index (κ3) is 4.00. The second kappa shape index (κ2) is 8.49. The Balaban J connectivity index is 1.49. The summed E-state index contributed by atoms with van der Waals surface area (Å²) >= 11 is 0. The number of fused-ring (bicyclic) bond motifs is 1. The molecule has 0 aromatic heterocycles. The van der Waals surface area contributed by atoms with Gasteiger partial charge >= 0.3 is 5.97 Å². The van der Waals surface area contributed by atoms with Gasteiger partial charge in [-0.05, 0) is 63.6 Å². The van der Waals surface area contributed by atoms with Crippen molar-refractivity contribution in [1.29, 1.82) is 0 Å². The van der Waals surface area contributed by atoms with Crippen molar-refractivity contribution >= 4 is 27.6 Å². The molecule has 0 N–H and O–H groups in total. The number of hydrogen-bond donors (Lipinski definition) is 0. The summed E-state index contributed by atoms with van der Waals surface area (Å²) in [5.74, 6) is 9.02. The van der Waals surface area contributed by atoms with Gasteiger partial charge in [0.15, 0.2) is 17.1 Å². The van der Waals surface area contributed by atoms with Gasteiger partial charge in [0.2, 0.25) is 0 Å². The topological polar surface area (TPSA) is 35.5 Å². The first-order valence-corrected chi connectivity index (χ1v) is 11.7. The average Bonchev–Trinajstić information content (AvgIpc) is 3.39. The van der Waals surface area contributed by atoms with Gasteiger partial charge in [-0.1, -0.05) is 24.1 Å². The molecule has 0 spiro atoms. The van der Waals surface area contributed by atoms with Crippen LogP contribution in [0.5, 0.6) is 5.75 Å². The summed E-state index contributed by atoms with van der Waals surface area (Å²) in [6.07, 6.45) is 6.39. The Bertz CT molecular complexity index is 912. The molecule has 2 aliphatic rings. The van der Waals surface area contributed by atoms with E-state index in [9.17, 15) is 4.79 Å². The van der Waals surface area contributed by atoms with Gasteiger partial charge in [-0.25, -0.2) is 4.79 Å². The number of ether oxygens (including phenoxy) is 2. The molecular formula is C24H27O3S+.